The van der Waals surface area contributed by atoms with Crippen molar-refractivity contribution in [3.05, 3.63) is 35.4 Å². The fourth-order valence-corrected chi connectivity index (χ4v) is 1.87. The first-order chi connectivity index (χ1) is 9.59. The number of nitrogens with one attached hydrogen (secondary N) is 1. The standard InChI is InChI=1S/C14H17F6N/c1-10(21-8-3-2-7-13(15,16)17)11-5-4-6-12(9-11)14(18,19)20/h4-6,9-10,21H,2-3,7-8H2,1H3. The molecule has 0 fully saturated rings. The molecule has 0 radical (unpaired) electrons. The van der Waals surface area contributed by atoms with E-state index in [2.05, 4.69) is 5.32 Å². The van der Waals surface area contributed by atoms with Gasteiger partial charge in [0.15, 0.2) is 0 Å². The van der Waals surface area contributed by atoms with E-state index in [-0.39, 0.29) is 12.5 Å². The van der Waals surface area contributed by atoms with Crippen LogP contribution in [0, 0.1) is 0 Å². The molecule has 1 N–H and O–H groups in total. The van der Waals surface area contributed by atoms with E-state index in [1.807, 2.05) is 0 Å². The molecule has 0 aliphatic heterocycles. The topological polar surface area (TPSA) is 12.0 Å². The number of halogens is 6. The summed E-state index contributed by atoms with van der Waals surface area (Å²) in [7, 11) is 0. The molecule has 0 aliphatic carbocycles. The molecule has 1 aromatic rings. The van der Waals surface area contributed by atoms with Crippen molar-refractivity contribution >= 4 is 0 Å². The highest BCUT2D eigenvalue weighted by atomic mass is 19.4. The molecule has 120 valence electrons. The Labute approximate surface area is 119 Å². The first kappa shape index (κ1) is 17.8. The summed E-state index contributed by atoms with van der Waals surface area (Å²) in [5.41, 5.74) is -0.272. The highest BCUT2D eigenvalue weighted by Gasteiger charge is 2.30. The van der Waals surface area contributed by atoms with E-state index < -0.39 is 24.3 Å². The zero-order chi connectivity index (χ0) is 16.1. The summed E-state index contributed by atoms with van der Waals surface area (Å²) in [6, 6.07) is 4.56. The van der Waals surface area contributed by atoms with E-state index in [0.29, 0.717) is 18.5 Å². The van der Waals surface area contributed by atoms with Gasteiger partial charge >= 0.3 is 12.4 Å². The van der Waals surface area contributed by atoms with Gasteiger partial charge in [-0.25, -0.2) is 0 Å². The van der Waals surface area contributed by atoms with E-state index >= 15 is 0 Å². The fourth-order valence-electron chi connectivity index (χ4n) is 1.87. The molecule has 1 nitrogen and oxygen atoms in total. The third kappa shape index (κ3) is 6.84. The quantitative estimate of drug-likeness (QED) is 0.570. The molecule has 0 amide bonds. The molecule has 0 aromatic heterocycles. The van der Waals surface area contributed by atoms with Crippen molar-refractivity contribution in [1.29, 1.82) is 0 Å². The van der Waals surface area contributed by atoms with Crippen LogP contribution < -0.4 is 5.32 Å². The molecular formula is C14H17F6N. The Morgan fingerprint density at radius 1 is 1.05 bits per heavy atom. The summed E-state index contributed by atoms with van der Waals surface area (Å²) in [6.45, 7) is 2.01. The van der Waals surface area contributed by atoms with Gasteiger partial charge in [-0.05, 0) is 44.0 Å². The SMILES string of the molecule is CC(NCCCCC(F)(F)F)c1cccc(C(F)(F)F)c1. The predicted molar refractivity (Wildman–Crippen MR) is 67.8 cm³/mol. The van der Waals surface area contributed by atoms with Crippen LogP contribution in [-0.4, -0.2) is 12.7 Å². The summed E-state index contributed by atoms with van der Waals surface area (Å²) >= 11 is 0. The van der Waals surface area contributed by atoms with Gasteiger partial charge in [0.1, 0.15) is 0 Å². The second kappa shape index (κ2) is 7.15. The molecule has 1 atom stereocenters. The zero-order valence-corrected chi connectivity index (χ0v) is 11.5. The summed E-state index contributed by atoms with van der Waals surface area (Å²) in [4.78, 5) is 0. The molecule has 21 heavy (non-hydrogen) atoms. The van der Waals surface area contributed by atoms with E-state index in [1.165, 1.54) is 6.07 Å². The Kier molecular flexibility index (Phi) is 6.07. The summed E-state index contributed by atoms with van der Waals surface area (Å²) in [5.74, 6) is 0. The monoisotopic (exact) mass is 313 g/mol. The van der Waals surface area contributed by atoms with Gasteiger partial charge in [0.25, 0.3) is 0 Å². The van der Waals surface area contributed by atoms with Crippen LogP contribution in [-0.2, 0) is 6.18 Å². The number of hydrogen-bond donors (Lipinski definition) is 1. The van der Waals surface area contributed by atoms with Crippen molar-refractivity contribution in [2.45, 2.75) is 44.6 Å². The minimum atomic E-state index is -4.40. The molecule has 0 heterocycles. The van der Waals surface area contributed by atoms with E-state index in [4.69, 9.17) is 0 Å². The van der Waals surface area contributed by atoms with Crippen LogP contribution in [0.15, 0.2) is 24.3 Å². The summed E-state index contributed by atoms with van der Waals surface area (Å²) in [5, 5.41) is 2.93. The maximum atomic E-state index is 12.6. The Balaban J connectivity index is 2.44. The van der Waals surface area contributed by atoms with Crippen molar-refractivity contribution in [2.24, 2.45) is 0 Å². The molecule has 1 rings (SSSR count). The van der Waals surface area contributed by atoms with Crippen LogP contribution in [0.3, 0.4) is 0 Å². The van der Waals surface area contributed by atoms with Gasteiger partial charge in [0.05, 0.1) is 5.56 Å². The summed E-state index contributed by atoms with van der Waals surface area (Å²) in [6.07, 6.45) is -9.07. The lowest BCUT2D eigenvalue weighted by molar-refractivity contribution is -0.137. The largest absolute Gasteiger partial charge is 0.416 e. The average molecular weight is 313 g/mol. The molecule has 1 unspecified atom stereocenters. The average Bonchev–Trinajstić information content (AvgIpc) is 2.36. The molecule has 0 saturated carbocycles. The second-order valence-corrected chi connectivity index (χ2v) is 4.87. The van der Waals surface area contributed by atoms with Crippen molar-refractivity contribution in [2.75, 3.05) is 6.54 Å². The van der Waals surface area contributed by atoms with Crippen LogP contribution in [0.4, 0.5) is 26.3 Å². The zero-order valence-electron chi connectivity index (χ0n) is 11.5. The molecule has 0 bridgehead atoms. The highest BCUT2D eigenvalue weighted by Crippen LogP contribution is 2.30. The van der Waals surface area contributed by atoms with Gasteiger partial charge in [-0.3, -0.25) is 0 Å². The molecule has 1 aromatic carbocycles. The van der Waals surface area contributed by atoms with Crippen molar-refractivity contribution < 1.29 is 26.3 Å². The Morgan fingerprint density at radius 3 is 2.29 bits per heavy atom. The molecule has 0 saturated heterocycles. The third-order valence-electron chi connectivity index (χ3n) is 3.05. The lowest BCUT2D eigenvalue weighted by Crippen LogP contribution is -2.21. The Morgan fingerprint density at radius 2 is 1.71 bits per heavy atom. The second-order valence-electron chi connectivity index (χ2n) is 4.87. The minimum absolute atomic E-state index is 0.00576. The van der Waals surface area contributed by atoms with Crippen LogP contribution >= 0.6 is 0 Å². The first-order valence-corrected chi connectivity index (χ1v) is 6.57. The van der Waals surface area contributed by atoms with Gasteiger partial charge in [-0.1, -0.05) is 12.1 Å². The molecule has 7 heteroatoms. The number of unbranched alkanes of at least 4 members (excludes halogenated alkanes) is 1. The lowest BCUT2D eigenvalue weighted by atomic mass is 10.0. The molecule has 0 aliphatic rings. The van der Waals surface area contributed by atoms with Crippen LogP contribution in [0.1, 0.15) is 43.4 Å². The van der Waals surface area contributed by atoms with Crippen LogP contribution in [0.25, 0.3) is 0 Å². The number of benzene rings is 1. The molecule has 0 spiro atoms. The van der Waals surface area contributed by atoms with Gasteiger partial charge < -0.3 is 5.32 Å². The third-order valence-corrected chi connectivity index (χ3v) is 3.05. The smallest absolute Gasteiger partial charge is 0.310 e. The van der Waals surface area contributed by atoms with E-state index in [0.717, 1.165) is 12.1 Å². The first-order valence-electron chi connectivity index (χ1n) is 6.57. The maximum absolute atomic E-state index is 12.6. The molecular weight excluding hydrogens is 296 g/mol. The Bertz CT molecular complexity index is 438. The van der Waals surface area contributed by atoms with Crippen LogP contribution in [0.2, 0.25) is 0 Å². The summed E-state index contributed by atoms with van der Waals surface area (Å²) < 4.78 is 73.5. The predicted octanol–water partition coefficient (Wildman–Crippen LogP) is 5.09. The normalized spacial score (nSPS) is 14.2. The fraction of sp³-hybridized carbons (Fsp3) is 0.571. The van der Waals surface area contributed by atoms with Crippen molar-refractivity contribution in [1.82, 2.24) is 5.32 Å². The highest BCUT2D eigenvalue weighted by molar-refractivity contribution is 5.27. The van der Waals surface area contributed by atoms with Gasteiger partial charge in [-0.15, -0.1) is 0 Å². The van der Waals surface area contributed by atoms with Crippen LogP contribution in [0.5, 0.6) is 0 Å². The van der Waals surface area contributed by atoms with Gasteiger partial charge in [-0.2, -0.15) is 26.3 Å². The van der Waals surface area contributed by atoms with Gasteiger partial charge in [0.2, 0.25) is 0 Å². The Hall–Kier alpha value is -1.24. The number of hydrogen-bond acceptors (Lipinski definition) is 1. The maximum Gasteiger partial charge on any atom is 0.416 e. The van der Waals surface area contributed by atoms with Crippen molar-refractivity contribution in [3.8, 4) is 0 Å². The van der Waals surface area contributed by atoms with Gasteiger partial charge in [0, 0.05) is 12.5 Å². The lowest BCUT2D eigenvalue weighted by Gasteiger charge is -2.16. The minimum Gasteiger partial charge on any atom is -0.310 e. The van der Waals surface area contributed by atoms with E-state index in [1.54, 1.807) is 13.0 Å². The van der Waals surface area contributed by atoms with E-state index in [9.17, 15) is 26.3 Å². The van der Waals surface area contributed by atoms with Crippen molar-refractivity contribution in [3.63, 3.8) is 0 Å². The number of alkyl halides is 6. The number of rotatable bonds is 6.